The normalized spacial score (nSPS) is 10.0. The van der Waals surface area contributed by atoms with Crippen molar-refractivity contribution in [2.45, 2.75) is 13.0 Å². The van der Waals surface area contributed by atoms with Gasteiger partial charge in [0.05, 0.1) is 0 Å². The van der Waals surface area contributed by atoms with Crippen molar-refractivity contribution in [1.82, 2.24) is 4.98 Å². The number of carbonyl (C=O) groups excluding carboxylic acids is 2. The van der Waals surface area contributed by atoms with E-state index in [4.69, 9.17) is 4.42 Å². The molecule has 0 unspecified atom stereocenters. The summed E-state index contributed by atoms with van der Waals surface area (Å²) < 4.78 is 9.56. The van der Waals surface area contributed by atoms with Crippen LogP contribution in [0.1, 0.15) is 21.9 Å². The fraction of sp³-hybridized carbons (Fsp3) is 0.154. The first-order valence-corrected chi connectivity index (χ1v) is 5.36. The fourth-order valence-corrected chi connectivity index (χ4v) is 1.48. The van der Waals surface area contributed by atoms with Crippen molar-refractivity contribution >= 4 is 12.3 Å². The number of ether oxygens (including phenoxy) is 1. The van der Waals surface area contributed by atoms with E-state index in [1.165, 1.54) is 6.26 Å². The molecule has 2 aromatic rings. The van der Waals surface area contributed by atoms with Crippen LogP contribution in [-0.2, 0) is 22.6 Å². The van der Waals surface area contributed by atoms with Gasteiger partial charge in [0.25, 0.3) is 12.4 Å². The lowest BCUT2D eigenvalue weighted by Gasteiger charge is -1.96. The largest absolute Gasteiger partial charge is 0.461 e. The zero-order valence-corrected chi connectivity index (χ0v) is 9.54. The summed E-state index contributed by atoms with van der Waals surface area (Å²) in [7, 11) is 0. The van der Waals surface area contributed by atoms with Crippen molar-refractivity contribution in [2.75, 3.05) is 0 Å². The van der Waals surface area contributed by atoms with E-state index in [9.17, 15) is 9.59 Å². The number of benzene rings is 1. The molecule has 5 heteroatoms. The Morgan fingerprint density at radius 3 is 2.83 bits per heavy atom. The highest BCUT2D eigenvalue weighted by molar-refractivity contribution is 5.93. The van der Waals surface area contributed by atoms with Gasteiger partial charge >= 0.3 is 0 Å². The van der Waals surface area contributed by atoms with Crippen molar-refractivity contribution in [3.63, 3.8) is 0 Å². The lowest BCUT2D eigenvalue weighted by molar-refractivity contribution is -0.129. The molecule has 18 heavy (non-hydrogen) atoms. The first-order valence-electron chi connectivity index (χ1n) is 5.36. The zero-order valence-electron chi connectivity index (χ0n) is 9.54. The van der Waals surface area contributed by atoms with Crippen LogP contribution >= 0.6 is 0 Å². The third kappa shape index (κ3) is 3.04. The summed E-state index contributed by atoms with van der Waals surface area (Å²) in [4.78, 5) is 25.8. The molecule has 0 aliphatic rings. The van der Waals surface area contributed by atoms with E-state index >= 15 is 0 Å². The first-order chi connectivity index (χ1) is 8.79. The van der Waals surface area contributed by atoms with Gasteiger partial charge in [-0.1, -0.05) is 30.3 Å². The minimum atomic E-state index is -0.210. The highest BCUT2D eigenvalue weighted by Gasteiger charge is 2.13. The molecule has 0 amide bonds. The quantitative estimate of drug-likeness (QED) is 0.573. The van der Waals surface area contributed by atoms with Crippen molar-refractivity contribution < 1.29 is 18.7 Å². The number of oxazole rings is 1. The molecule has 0 saturated carbocycles. The summed E-state index contributed by atoms with van der Waals surface area (Å²) in [6.45, 7) is 0.325. The Balaban J connectivity index is 2.01. The van der Waals surface area contributed by atoms with E-state index in [2.05, 4.69) is 9.72 Å². The maximum atomic E-state index is 11.8. The number of carbonyl (C=O) groups is 2. The van der Waals surface area contributed by atoms with E-state index in [-0.39, 0.29) is 24.7 Å². The number of hydrogen-bond donors (Lipinski definition) is 0. The Bertz CT molecular complexity index is 533. The number of aromatic nitrogens is 1. The predicted molar refractivity (Wildman–Crippen MR) is 61.8 cm³/mol. The summed E-state index contributed by atoms with van der Waals surface area (Å²) >= 11 is 0. The molecule has 1 aromatic heterocycles. The Kier molecular flexibility index (Phi) is 3.86. The van der Waals surface area contributed by atoms with Crippen molar-refractivity contribution in [3.05, 3.63) is 53.7 Å². The molecular weight excluding hydrogens is 234 g/mol. The molecule has 0 aliphatic heterocycles. The minimum absolute atomic E-state index is 0.00557. The van der Waals surface area contributed by atoms with Crippen LogP contribution in [0.4, 0.5) is 0 Å². The van der Waals surface area contributed by atoms with Gasteiger partial charge in [-0.05, 0) is 5.56 Å². The Hall–Kier alpha value is -2.43. The third-order valence-electron chi connectivity index (χ3n) is 2.30. The van der Waals surface area contributed by atoms with Crippen LogP contribution in [0.2, 0.25) is 0 Å². The van der Waals surface area contributed by atoms with Gasteiger partial charge in [0.2, 0.25) is 5.78 Å². The van der Waals surface area contributed by atoms with E-state index in [0.717, 1.165) is 5.56 Å². The smallest absolute Gasteiger partial charge is 0.293 e. The van der Waals surface area contributed by atoms with E-state index in [0.29, 0.717) is 12.2 Å². The average Bonchev–Trinajstić information content (AvgIpc) is 2.86. The van der Waals surface area contributed by atoms with Gasteiger partial charge in [-0.3, -0.25) is 9.59 Å². The maximum Gasteiger partial charge on any atom is 0.293 e. The average molecular weight is 245 g/mol. The second-order valence-corrected chi connectivity index (χ2v) is 3.64. The van der Waals surface area contributed by atoms with Crippen molar-refractivity contribution in [2.24, 2.45) is 0 Å². The summed E-state index contributed by atoms with van der Waals surface area (Å²) in [5.41, 5.74) is 1.31. The summed E-state index contributed by atoms with van der Waals surface area (Å²) in [5.74, 6) is -0.179. The molecule has 1 heterocycles. The Morgan fingerprint density at radius 2 is 2.11 bits per heavy atom. The number of ketones is 1. The van der Waals surface area contributed by atoms with Gasteiger partial charge in [0, 0.05) is 6.42 Å². The molecule has 5 nitrogen and oxygen atoms in total. The van der Waals surface area contributed by atoms with Gasteiger partial charge in [0.15, 0.2) is 0 Å². The van der Waals surface area contributed by atoms with Crippen molar-refractivity contribution in [3.8, 4) is 0 Å². The van der Waals surface area contributed by atoms with Gasteiger partial charge < -0.3 is 9.15 Å². The van der Waals surface area contributed by atoms with Crippen LogP contribution in [0.3, 0.4) is 0 Å². The molecule has 0 fully saturated rings. The molecule has 0 N–H and O–H groups in total. The molecule has 0 aliphatic carbocycles. The fourth-order valence-electron chi connectivity index (χ4n) is 1.48. The zero-order chi connectivity index (χ0) is 12.8. The Labute approximate surface area is 103 Å². The third-order valence-corrected chi connectivity index (χ3v) is 2.30. The SMILES string of the molecule is O=COCc1coc(C(=O)Cc2ccccc2)n1. The molecule has 0 spiro atoms. The van der Waals surface area contributed by atoms with Crippen LogP contribution in [0, 0.1) is 0 Å². The molecule has 0 bridgehead atoms. The topological polar surface area (TPSA) is 69.4 Å². The van der Waals surface area contributed by atoms with Gasteiger partial charge in [-0.15, -0.1) is 0 Å². The van der Waals surface area contributed by atoms with Gasteiger partial charge in [-0.2, -0.15) is 0 Å². The van der Waals surface area contributed by atoms with Gasteiger partial charge in [0.1, 0.15) is 18.6 Å². The first kappa shape index (κ1) is 12.0. The van der Waals surface area contributed by atoms with E-state index in [1.54, 1.807) is 0 Å². The summed E-state index contributed by atoms with van der Waals surface area (Å²) in [6, 6.07) is 9.32. The van der Waals surface area contributed by atoms with E-state index < -0.39 is 0 Å². The number of Topliss-reactive ketones (excluding diaryl/α,β-unsaturated/α-hetero) is 1. The highest BCUT2D eigenvalue weighted by Crippen LogP contribution is 2.08. The van der Waals surface area contributed by atoms with Crippen LogP contribution in [0.15, 0.2) is 41.0 Å². The molecule has 0 radical (unpaired) electrons. The van der Waals surface area contributed by atoms with Crippen LogP contribution in [-0.4, -0.2) is 17.2 Å². The summed E-state index contributed by atoms with van der Waals surface area (Å²) in [6.07, 6.45) is 1.54. The van der Waals surface area contributed by atoms with Gasteiger partial charge in [-0.25, -0.2) is 4.98 Å². The maximum absolute atomic E-state index is 11.8. The molecule has 1 aromatic carbocycles. The lowest BCUT2D eigenvalue weighted by Crippen LogP contribution is -2.04. The van der Waals surface area contributed by atoms with Crippen molar-refractivity contribution in [1.29, 1.82) is 0 Å². The molecule has 2 rings (SSSR count). The number of rotatable bonds is 6. The van der Waals surface area contributed by atoms with Crippen LogP contribution < -0.4 is 0 Å². The van der Waals surface area contributed by atoms with Crippen LogP contribution in [0.5, 0.6) is 0 Å². The molecular formula is C13H11NO4. The number of hydrogen-bond acceptors (Lipinski definition) is 5. The highest BCUT2D eigenvalue weighted by atomic mass is 16.5. The predicted octanol–water partition coefficient (Wildman–Crippen LogP) is 1.77. The minimum Gasteiger partial charge on any atom is -0.461 e. The lowest BCUT2D eigenvalue weighted by atomic mass is 10.1. The van der Waals surface area contributed by atoms with Crippen LogP contribution in [0.25, 0.3) is 0 Å². The molecule has 0 saturated heterocycles. The van der Waals surface area contributed by atoms with E-state index in [1.807, 2.05) is 30.3 Å². The standard InChI is InChI=1S/C13H11NO4/c15-9-17-7-11-8-18-13(14-11)12(16)6-10-4-2-1-3-5-10/h1-5,8-9H,6-7H2. The monoisotopic (exact) mass is 245 g/mol. The number of nitrogens with zero attached hydrogens (tertiary/aromatic N) is 1. The molecule has 0 atom stereocenters. The Morgan fingerprint density at radius 1 is 1.33 bits per heavy atom. The second kappa shape index (κ2) is 5.77. The second-order valence-electron chi connectivity index (χ2n) is 3.64. The molecule has 92 valence electrons. The summed E-state index contributed by atoms with van der Waals surface area (Å²) in [5, 5.41) is 0.